The molecule has 11 heavy (non-hydrogen) atoms. The number of halogens is 3. The maximum atomic E-state index is 11.9. The smallest absolute Gasteiger partial charge is 0.321 e. The van der Waals surface area contributed by atoms with E-state index in [9.17, 15) is 18.0 Å². The van der Waals surface area contributed by atoms with Crippen molar-refractivity contribution >= 4 is 5.78 Å². The Balaban J connectivity index is 2.61. The van der Waals surface area contributed by atoms with Crippen LogP contribution in [0.15, 0.2) is 0 Å². The minimum Gasteiger partial charge on any atom is -0.321 e. The second-order valence-corrected chi connectivity index (χ2v) is 2.75. The highest BCUT2D eigenvalue weighted by molar-refractivity contribution is 5.86. The number of nitrogens with two attached hydrogens (primary N) is 1. The Morgan fingerprint density at radius 1 is 1.45 bits per heavy atom. The molecule has 0 spiro atoms. The number of carbonyl (C=O) groups is 1. The second-order valence-electron chi connectivity index (χ2n) is 2.75. The molecule has 64 valence electrons. The normalized spacial score (nSPS) is 32.9. The van der Waals surface area contributed by atoms with Crippen LogP contribution in [0.25, 0.3) is 0 Å². The fraction of sp³-hybridized carbons (Fsp3) is 0.833. The summed E-state index contributed by atoms with van der Waals surface area (Å²) in [5.41, 5.74) is 5.12. The summed E-state index contributed by atoms with van der Waals surface area (Å²) in [5, 5.41) is 0. The van der Waals surface area contributed by atoms with E-state index in [-0.39, 0.29) is 6.42 Å². The molecule has 0 radical (unpaired) electrons. The molecular formula is C6H8F3NO. The summed E-state index contributed by atoms with van der Waals surface area (Å²) >= 11 is 0. The third-order valence-corrected chi connectivity index (χ3v) is 1.86. The van der Waals surface area contributed by atoms with Gasteiger partial charge in [0.25, 0.3) is 0 Å². The maximum absolute atomic E-state index is 11.9. The Labute approximate surface area is 61.6 Å². The molecule has 0 heterocycles. The maximum Gasteiger partial charge on any atom is 0.392 e. The van der Waals surface area contributed by atoms with E-state index in [2.05, 4.69) is 0 Å². The average molecular weight is 167 g/mol. The van der Waals surface area contributed by atoms with Crippen LogP contribution < -0.4 is 5.73 Å². The highest BCUT2D eigenvalue weighted by Gasteiger charge is 2.46. The fourth-order valence-electron chi connectivity index (χ4n) is 1.16. The lowest BCUT2D eigenvalue weighted by Crippen LogP contribution is -2.25. The lowest BCUT2D eigenvalue weighted by atomic mass is 10.1. The zero-order valence-corrected chi connectivity index (χ0v) is 5.69. The van der Waals surface area contributed by atoms with E-state index < -0.39 is 30.3 Å². The van der Waals surface area contributed by atoms with Gasteiger partial charge in [-0.1, -0.05) is 0 Å². The van der Waals surface area contributed by atoms with Gasteiger partial charge in [0, 0.05) is 6.42 Å². The fourth-order valence-corrected chi connectivity index (χ4v) is 1.16. The van der Waals surface area contributed by atoms with Crippen LogP contribution in [0.1, 0.15) is 12.8 Å². The molecule has 0 bridgehead atoms. The Kier molecular flexibility index (Phi) is 1.92. The highest BCUT2D eigenvalue weighted by atomic mass is 19.4. The Morgan fingerprint density at radius 3 is 2.18 bits per heavy atom. The van der Waals surface area contributed by atoms with E-state index in [1.807, 2.05) is 0 Å². The van der Waals surface area contributed by atoms with E-state index in [1.165, 1.54) is 0 Å². The van der Waals surface area contributed by atoms with Crippen molar-refractivity contribution in [3.05, 3.63) is 0 Å². The second kappa shape index (κ2) is 2.48. The monoisotopic (exact) mass is 167 g/mol. The van der Waals surface area contributed by atoms with Gasteiger partial charge in [0.05, 0.1) is 12.0 Å². The molecule has 0 aromatic rings. The summed E-state index contributed by atoms with van der Waals surface area (Å²) in [6, 6.07) is -0.901. The quantitative estimate of drug-likeness (QED) is 0.581. The van der Waals surface area contributed by atoms with Crippen LogP contribution in [-0.2, 0) is 4.79 Å². The molecule has 1 fully saturated rings. The first-order valence-electron chi connectivity index (χ1n) is 3.26. The Hall–Kier alpha value is -0.580. The number of alkyl halides is 3. The topological polar surface area (TPSA) is 43.1 Å². The van der Waals surface area contributed by atoms with Gasteiger partial charge < -0.3 is 5.73 Å². The molecule has 0 saturated heterocycles. The summed E-state index contributed by atoms with van der Waals surface area (Å²) < 4.78 is 35.7. The predicted molar refractivity (Wildman–Crippen MR) is 31.8 cm³/mol. The lowest BCUT2D eigenvalue weighted by molar-refractivity contribution is -0.173. The van der Waals surface area contributed by atoms with Gasteiger partial charge in [-0.25, -0.2) is 0 Å². The highest BCUT2D eigenvalue weighted by Crippen LogP contribution is 2.36. The first kappa shape index (κ1) is 8.52. The van der Waals surface area contributed by atoms with Gasteiger partial charge in [0.15, 0.2) is 0 Å². The van der Waals surface area contributed by atoms with E-state index in [0.717, 1.165) is 0 Å². The molecule has 1 aliphatic carbocycles. The number of ketones is 1. The molecule has 1 unspecified atom stereocenters. The number of hydrogen-bond donors (Lipinski definition) is 1. The summed E-state index contributed by atoms with van der Waals surface area (Å²) in [6.07, 6.45) is -4.95. The molecule has 0 aromatic heterocycles. The van der Waals surface area contributed by atoms with Gasteiger partial charge in [-0.2, -0.15) is 13.2 Å². The van der Waals surface area contributed by atoms with Crippen LogP contribution in [0.5, 0.6) is 0 Å². The average Bonchev–Trinajstić information content (AvgIpc) is 2.11. The SMILES string of the molecule is NC1C[C@H](C(F)(F)F)CC1=O. The molecule has 2 N–H and O–H groups in total. The zero-order chi connectivity index (χ0) is 8.65. The van der Waals surface area contributed by atoms with Crippen LogP contribution in [0, 0.1) is 5.92 Å². The van der Waals surface area contributed by atoms with Crippen molar-refractivity contribution in [2.75, 3.05) is 0 Å². The minimum absolute atomic E-state index is 0.248. The molecule has 0 aliphatic heterocycles. The minimum atomic E-state index is -4.26. The van der Waals surface area contributed by atoms with Crippen molar-refractivity contribution in [1.82, 2.24) is 0 Å². The number of hydrogen-bond acceptors (Lipinski definition) is 2. The van der Waals surface area contributed by atoms with Crippen molar-refractivity contribution in [1.29, 1.82) is 0 Å². The number of Topliss-reactive ketones (excluding diaryl/α,β-unsaturated/α-hetero) is 1. The van der Waals surface area contributed by atoms with Crippen LogP contribution >= 0.6 is 0 Å². The molecule has 2 atom stereocenters. The van der Waals surface area contributed by atoms with Gasteiger partial charge >= 0.3 is 6.18 Å². The van der Waals surface area contributed by atoms with Crippen LogP contribution in [0.3, 0.4) is 0 Å². The third kappa shape index (κ3) is 1.71. The van der Waals surface area contributed by atoms with Gasteiger partial charge in [-0.3, -0.25) is 4.79 Å². The van der Waals surface area contributed by atoms with Crippen molar-refractivity contribution in [2.45, 2.75) is 25.1 Å². The molecule has 1 rings (SSSR count). The Morgan fingerprint density at radius 2 is 2.00 bits per heavy atom. The van der Waals surface area contributed by atoms with Crippen LogP contribution in [0.2, 0.25) is 0 Å². The summed E-state index contributed by atoms with van der Waals surface area (Å²) in [6.45, 7) is 0. The summed E-state index contributed by atoms with van der Waals surface area (Å²) in [5.74, 6) is -1.99. The molecular weight excluding hydrogens is 159 g/mol. The molecule has 1 saturated carbocycles. The van der Waals surface area contributed by atoms with E-state index in [1.54, 1.807) is 0 Å². The lowest BCUT2D eigenvalue weighted by Gasteiger charge is -2.12. The van der Waals surface area contributed by atoms with Gasteiger partial charge in [0.1, 0.15) is 5.78 Å². The molecule has 0 amide bonds. The number of carbonyl (C=O) groups excluding carboxylic acids is 1. The van der Waals surface area contributed by atoms with E-state index >= 15 is 0 Å². The van der Waals surface area contributed by atoms with Crippen LogP contribution in [0.4, 0.5) is 13.2 Å². The molecule has 2 nitrogen and oxygen atoms in total. The van der Waals surface area contributed by atoms with Crippen molar-refractivity contribution in [3.63, 3.8) is 0 Å². The third-order valence-electron chi connectivity index (χ3n) is 1.86. The van der Waals surface area contributed by atoms with Crippen molar-refractivity contribution in [2.24, 2.45) is 11.7 Å². The molecule has 0 aromatic carbocycles. The van der Waals surface area contributed by atoms with E-state index in [0.29, 0.717) is 0 Å². The molecule has 5 heteroatoms. The van der Waals surface area contributed by atoms with Crippen LogP contribution in [-0.4, -0.2) is 18.0 Å². The summed E-state index contributed by atoms with van der Waals surface area (Å²) in [7, 11) is 0. The number of rotatable bonds is 0. The predicted octanol–water partition coefficient (Wildman–Crippen LogP) is 0.855. The largest absolute Gasteiger partial charge is 0.392 e. The standard InChI is InChI=1S/C6H8F3NO/c7-6(8,9)3-1-4(10)5(11)2-3/h3-4H,1-2,10H2/t3-,4?/m0/s1. The molecule has 1 aliphatic rings. The first-order valence-corrected chi connectivity index (χ1v) is 3.26. The van der Waals surface area contributed by atoms with Gasteiger partial charge in [-0.15, -0.1) is 0 Å². The first-order chi connectivity index (χ1) is 4.91. The Bertz CT molecular complexity index is 177. The van der Waals surface area contributed by atoms with Crippen molar-refractivity contribution in [3.8, 4) is 0 Å². The summed E-state index contributed by atoms with van der Waals surface area (Å²) in [4.78, 5) is 10.6. The van der Waals surface area contributed by atoms with Crippen molar-refractivity contribution < 1.29 is 18.0 Å². The van der Waals surface area contributed by atoms with Gasteiger partial charge in [0.2, 0.25) is 0 Å². The zero-order valence-electron chi connectivity index (χ0n) is 5.69. The van der Waals surface area contributed by atoms with Gasteiger partial charge in [-0.05, 0) is 6.42 Å². The van der Waals surface area contributed by atoms with E-state index in [4.69, 9.17) is 5.73 Å².